The molecule has 1 N–H and O–H groups in total. The van der Waals surface area contributed by atoms with Crippen LogP contribution < -0.4 is 5.32 Å². The van der Waals surface area contributed by atoms with Gasteiger partial charge in [-0.15, -0.1) is 0 Å². The van der Waals surface area contributed by atoms with E-state index in [4.69, 9.17) is 11.6 Å². The Morgan fingerprint density at radius 3 is 2.77 bits per heavy atom. The first-order valence-electron chi connectivity index (χ1n) is 7.50. The highest BCUT2D eigenvalue weighted by molar-refractivity contribution is 7.07. The molecule has 1 fully saturated rings. The summed E-state index contributed by atoms with van der Waals surface area (Å²) in [6.45, 7) is 2.88. The number of carbonyl (C=O) groups is 1. The number of carbonyl (C=O) groups excluding carboxylic acids is 1. The molecule has 0 unspecified atom stereocenters. The summed E-state index contributed by atoms with van der Waals surface area (Å²) in [5.74, 6) is 0.0221. The Labute approximate surface area is 139 Å². The van der Waals surface area contributed by atoms with Crippen LogP contribution in [0.15, 0.2) is 41.1 Å². The lowest BCUT2D eigenvalue weighted by atomic mass is 10.0. The van der Waals surface area contributed by atoms with Crippen molar-refractivity contribution in [2.75, 3.05) is 19.6 Å². The second-order valence-corrected chi connectivity index (χ2v) is 6.72. The second kappa shape index (κ2) is 7.27. The summed E-state index contributed by atoms with van der Waals surface area (Å²) in [5, 5.41) is 7.97. The maximum atomic E-state index is 12.2. The molecule has 116 valence electrons. The van der Waals surface area contributed by atoms with Crippen LogP contribution in [0.1, 0.15) is 23.6 Å². The van der Waals surface area contributed by atoms with E-state index in [1.165, 1.54) is 12.0 Å². The quantitative estimate of drug-likeness (QED) is 0.876. The number of nitrogens with zero attached hydrogens (tertiary/aromatic N) is 1. The molecule has 1 aliphatic rings. The van der Waals surface area contributed by atoms with Gasteiger partial charge in [0.25, 0.3) is 0 Å². The number of amides is 1. The standard InChI is InChI=1S/C17H19ClN2OS/c18-15-5-2-1-4-13(15)10-17(21)19-11-16(20-7-3-8-20)14-6-9-22-12-14/h1-2,4-6,9,12,16H,3,7-8,10-11H2,(H,19,21)/t16-/m0/s1. The van der Waals surface area contributed by atoms with E-state index in [9.17, 15) is 4.79 Å². The SMILES string of the molecule is O=C(Cc1ccccc1Cl)NC[C@@H](c1ccsc1)N1CCC1. The van der Waals surface area contributed by atoms with Crippen molar-refractivity contribution in [3.63, 3.8) is 0 Å². The van der Waals surface area contributed by atoms with E-state index in [1.54, 1.807) is 11.3 Å². The molecule has 1 atom stereocenters. The molecule has 0 spiro atoms. The number of rotatable bonds is 6. The largest absolute Gasteiger partial charge is 0.354 e. The number of likely N-dealkylation sites (tertiary alicyclic amines) is 1. The average molecular weight is 335 g/mol. The zero-order chi connectivity index (χ0) is 15.4. The van der Waals surface area contributed by atoms with Crippen LogP contribution >= 0.6 is 22.9 Å². The van der Waals surface area contributed by atoms with Crippen LogP contribution in [0.4, 0.5) is 0 Å². The first-order chi connectivity index (χ1) is 10.7. The molecule has 0 radical (unpaired) electrons. The number of hydrogen-bond donors (Lipinski definition) is 1. The van der Waals surface area contributed by atoms with Gasteiger partial charge in [-0.25, -0.2) is 0 Å². The Morgan fingerprint density at radius 2 is 2.14 bits per heavy atom. The molecule has 1 aromatic carbocycles. The van der Waals surface area contributed by atoms with Gasteiger partial charge in [0.15, 0.2) is 0 Å². The highest BCUT2D eigenvalue weighted by Crippen LogP contribution is 2.26. The van der Waals surface area contributed by atoms with Gasteiger partial charge in [-0.1, -0.05) is 29.8 Å². The third kappa shape index (κ3) is 3.69. The van der Waals surface area contributed by atoms with Crippen LogP contribution in [-0.2, 0) is 11.2 Å². The molecule has 1 aromatic heterocycles. The molecule has 2 heterocycles. The Hall–Kier alpha value is -1.36. The van der Waals surface area contributed by atoms with Gasteiger partial charge >= 0.3 is 0 Å². The van der Waals surface area contributed by atoms with Crippen molar-refractivity contribution in [1.29, 1.82) is 0 Å². The molecular weight excluding hydrogens is 316 g/mol. The second-order valence-electron chi connectivity index (χ2n) is 5.53. The minimum absolute atomic E-state index is 0.0221. The summed E-state index contributed by atoms with van der Waals surface area (Å²) >= 11 is 7.81. The van der Waals surface area contributed by atoms with Gasteiger partial charge in [-0.2, -0.15) is 11.3 Å². The first kappa shape index (κ1) is 15.5. The van der Waals surface area contributed by atoms with Crippen LogP contribution in [0.3, 0.4) is 0 Å². The lowest BCUT2D eigenvalue weighted by Crippen LogP contribution is -2.45. The molecule has 0 saturated carbocycles. The van der Waals surface area contributed by atoms with Gasteiger partial charge < -0.3 is 5.32 Å². The molecule has 3 nitrogen and oxygen atoms in total. The van der Waals surface area contributed by atoms with Crippen LogP contribution in [-0.4, -0.2) is 30.4 Å². The van der Waals surface area contributed by atoms with Crippen molar-refractivity contribution >= 4 is 28.8 Å². The molecule has 0 bridgehead atoms. The molecule has 1 amide bonds. The van der Waals surface area contributed by atoms with Crippen LogP contribution in [0.5, 0.6) is 0 Å². The molecule has 1 saturated heterocycles. The van der Waals surface area contributed by atoms with Crippen molar-refractivity contribution in [1.82, 2.24) is 10.2 Å². The maximum Gasteiger partial charge on any atom is 0.224 e. The molecule has 3 rings (SSSR count). The van der Waals surface area contributed by atoms with Crippen molar-refractivity contribution in [2.24, 2.45) is 0 Å². The Bertz CT molecular complexity index is 625. The molecule has 0 aliphatic carbocycles. The van der Waals surface area contributed by atoms with Gasteiger partial charge in [-0.3, -0.25) is 9.69 Å². The highest BCUT2D eigenvalue weighted by atomic mass is 35.5. The maximum absolute atomic E-state index is 12.2. The van der Waals surface area contributed by atoms with Crippen LogP contribution in [0.25, 0.3) is 0 Å². The summed E-state index contributed by atoms with van der Waals surface area (Å²) < 4.78 is 0. The Morgan fingerprint density at radius 1 is 1.32 bits per heavy atom. The van der Waals surface area contributed by atoms with Crippen molar-refractivity contribution in [3.8, 4) is 0 Å². The lowest BCUT2D eigenvalue weighted by Gasteiger charge is -2.38. The van der Waals surface area contributed by atoms with E-state index in [0.29, 0.717) is 18.0 Å². The molecule has 5 heteroatoms. The lowest BCUT2D eigenvalue weighted by molar-refractivity contribution is -0.120. The van der Waals surface area contributed by atoms with E-state index in [-0.39, 0.29) is 11.9 Å². The number of hydrogen-bond acceptors (Lipinski definition) is 3. The summed E-state index contributed by atoms with van der Waals surface area (Å²) in [6.07, 6.45) is 1.57. The van der Waals surface area contributed by atoms with E-state index >= 15 is 0 Å². The Balaban J connectivity index is 1.58. The summed E-state index contributed by atoms with van der Waals surface area (Å²) in [7, 11) is 0. The normalized spacial score (nSPS) is 16.0. The predicted octanol–water partition coefficient (Wildman–Crippen LogP) is 3.51. The van der Waals surface area contributed by atoms with E-state index in [2.05, 4.69) is 27.0 Å². The number of benzene rings is 1. The van der Waals surface area contributed by atoms with Gasteiger partial charge in [-0.05, 0) is 40.4 Å². The monoisotopic (exact) mass is 334 g/mol. The smallest absolute Gasteiger partial charge is 0.224 e. The van der Waals surface area contributed by atoms with E-state index in [1.807, 2.05) is 24.3 Å². The summed E-state index contributed by atoms with van der Waals surface area (Å²) in [6, 6.07) is 9.93. The summed E-state index contributed by atoms with van der Waals surface area (Å²) in [5.41, 5.74) is 2.17. The minimum atomic E-state index is 0.0221. The third-order valence-corrected chi connectivity index (χ3v) is 5.13. The average Bonchev–Trinajstić information content (AvgIpc) is 2.97. The minimum Gasteiger partial charge on any atom is -0.354 e. The van der Waals surface area contributed by atoms with Gasteiger partial charge in [0.05, 0.1) is 12.5 Å². The van der Waals surface area contributed by atoms with E-state index in [0.717, 1.165) is 18.7 Å². The number of nitrogens with one attached hydrogen (secondary N) is 1. The van der Waals surface area contributed by atoms with Gasteiger partial charge in [0.1, 0.15) is 0 Å². The Kier molecular flexibility index (Phi) is 5.13. The zero-order valence-corrected chi connectivity index (χ0v) is 13.9. The van der Waals surface area contributed by atoms with E-state index < -0.39 is 0 Å². The summed E-state index contributed by atoms with van der Waals surface area (Å²) in [4.78, 5) is 14.6. The first-order valence-corrected chi connectivity index (χ1v) is 8.82. The van der Waals surface area contributed by atoms with Crippen molar-refractivity contribution < 1.29 is 4.79 Å². The topological polar surface area (TPSA) is 32.3 Å². The third-order valence-electron chi connectivity index (χ3n) is 4.06. The number of thiophene rings is 1. The molecule has 2 aromatic rings. The van der Waals surface area contributed by atoms with Crippen LogP contribution in [0.2, 0.25) is 5.02 Å². The van der Waals surface area contributed by atoms with Gasteiger partial charge in [0.2, 0.25) is 5.91 Å². The molecule has 22 heavy (non-hydrogen) atoms. The molecular formula is C17H19ClN2OS. The van der Waals surface area contributed by atoms with Crippen molar-refractivity contribution in [2.45, 2.75) is 18.9 Å². The highest BCUT2D eigenvalue weighted by Gasteiger charge is 2.26. The van der Waals surface area contributed by atoms with Crippen LogP contribution in [0, 0.1) is 0 Å². The zero-order valence-electron chi connectivity index (χ0n) is 12.3. The molecule has 1 aliphatic heterocycles. The predicted molar refractivity (Wildman–Crippen MR) is 91.4 cm³/mol. The fourth-order valence-electron chi connectivity index (χ4n) is 2.66. The van der Waals surface area contributed by atoms with Crippen molar-refractivity contribution in [3.05, 3.63) is 57.2 Å². The number of halogens is 1. The van der Waals surface area contributed by atoms with Gasteiger partial charge in [0, 0.05) is 24.7 Å². The fourth-order valence-corrected chi connectivity index (χ4v) is 3.57. The fraction of sp³-hybridized carbons (Fsp3) is 0.353.